The molecule has 0 spiro atoms. The molecule has 2 nitrogen and oxygen atoms in total. The quantitative estimate of drug-likeness (QED) is 0.148. The molecule has 2 heterocycles. The van der Waals surface area contributed by atoms with Crippen LogP contribution in [0, 0.1) is 6.92 Å². The minimum atomic E-state index is 1.09. The van der Waals surface area contributed by atoms with E-state index >= 15 is 0 Å². The van der Waals surface area contributed by atoms with Crippen LogP contribution in [-0.4, -0.2) is 4.57 Å². The van der Waals surface area contributed by atoms with Crippen LogP contribution in [0.25, 0.3) is 92.2 Å². The summed E-state index contributed by atoms with van der Waals surface area (Å²) < 4.78 is 5.01. The van der Waals surface area contributed by atoms with Gasteiger partial charge in [0.25, 0.3) is 0 Å². The van der Waals surface area contributed by atoms with Crippen molar-refractivity contribution in [3.05, 3.63) is 242 Å². The van der Waals surface area contributed by atoms with Crippen LogP contribution in [-0.2, 0) is 0 Å². The highest BCUT2D eigenvalue weighted by Crippen LogP contribution is 2.49. The summed E-state index contributed by atoms with van der Waals surface area (Å²) in [6, 6.07) is 86.6. The molecular weight excluding hydrogens is 793 g/mol. The molecule has 0 aliphatic rings. The predicted octanol–water partition coefficient (Wildman–Crippen LogP) is 17.6. The Morgan fingerprint density at radius 3 is 1.50 bits per heavy atom. The molecule has 0 aliphatic heterocycles. The fourth-order valence-electron chi connectivity index (χ4n) is 9.79. The lowest BCUT2D eigenvalue weighted by Gasteiger charge is -2.28. The van der Waals surface area contributed by atoms with Crippen LogP contribution < -0.4 is 4.90 Å². The molecule has 12 aromatic rings. The average Bonchev–Trinajstić information content (AvgIpc) is 3.91. The maximum atomic E-state index is 2.47. The van der Waals surface area contributed by atoms with Gasteiger partial charge in [-0.2, -0.15) is 0 Å². The van der Waals surface area contributed by atoms with Crippen LogP contribution in [0.4, 0.5) is 17.1 Å². The standard InChI is InChI=1S/C61H42N2S/c1-41-37-45(33-35-48(41)42-19-5-2-6-20-42)62(46-34-36-49(43-21-7-3-8-22-43)54(38-46)44-23-9-4-10-24-44)47-39-55(61-56(40-47)53-28-14-18-32-60(53)64-61)52-27-13-17-31-59(52)63-57-29-15-11-25-50(57)51-26-12-16-30-58(51)63/h2-40H,1H3. The van der Waals surface area contributed by atoms with E-state index in [1.165, 1.54) is 92.0 Å². The Morgan fingerprint density at radius 2 is 0.844 bits per heavy atom. The number of fused-ring (bicyclic) bond motifs is 6. The van der Waals surface area contributed by atoms with Gasteiger partial charge in [0.15, 0.2) is 0 Å². The van der Waals surface area contributed by atoms with Gasteiger partial charge in [0.05, 0.1) is 16.7 Å². The molecule has 0 saturated carbocycles. The molecular formula is C61H42N2S. The van der Waals surface area contributed by atoms with E-state index in [1.54, 1.807) is 0 Å². The van der Waals surface area contributed by atoms with Crippen molar-refractivity contribution < 1.29 is 0 Å². The van der Waals surface area contributed by atoms with Crippen LogP contribution >= 0.6 is 11.3 Å². The maximum Gasteiger partial charge on any atom is 0.0541 e. The van der Waals surface area contributed by atoms with Crippen molar-refractivity contribution >= 4 is 70.4 Å². The molecule has 0 unspecified atom stereocenters. The summed E-state index contributed by atoms with van der Waals surface area (Å²) in [5, 5.41) is 5.02. The molecule has 0 atom stereocenters. The number of nitrogens with zero attached hydrogens (tertiary/aromatic N) is 2. The highest BCUT2D eigenvalue weighted by Gasteiger charge is 2.23. The maximum absolute atomic E-state index is 2.47. The van der Waals surface area contributed by atoms with Crippen LogP contribution in [0.3, 0.4) is 0 Å². The predicted molar refractivity (Wildman–Crippen MR) is 275 cm³/mol. The minimum Gasteiger partial charge on any atom is -0.310 e. The Hall–Kier alpha value is -7.98. The number of hydrogen-bond donors (Lipinski definition) is 0. The summed E-state index contributed by atoms with van der Waals surface area (Å²) in [4.78, 5) is 2.47. The topological polar surface area (TPSA) is 8.17 Å². The molecule has 3 heteroatoms. The average molecular weight is 835 g/mol. The number of rotatable bonds is 8. The molecule has 0 bridgehead atoms. The lowest BCUT2D eigenvalue weighted by molar-refractivity contribution is 1.18. The second-order valence-electron chi connectivity index (χ2n) is 16.5. The van der Waals surface area contributed by atoms with E-state index in [0.29, 0.717) is 0 Å². The highest BCUT2D eigenvalue weighted by atomic mass is 32.1. The van der Waals surface area contributed by atoms with Crippen molar-refractivity contribution in [3.8, 4) is 50.2 Å². The molecule has 64 heavy (non-hydrogen) atoms. The summed E-state index contributed by atoms with van der Waals surface area (Å²) in [6.07, 6.45) is 0. The summed E-state index contributed by atoms with van der Waals surface area (Å²) in [6.45, 7) is 2.24. The van der Waals surface area contributed by atoms with E-state index in [0.717, 1.165) is 22.7 Å². The van der Waals surface area contributed by atoms with Gasteiger partial charge in [-0.3, -0.25) is 0 Å². The van der Waals surface area contributed by atoms with Gasteiger partial charge >= 0.3 is 0 Å². The summed E-state index contributed by atoms with van der Waals surface area (Å²) >= 11 is 1.88. The van der Waals surface area contributed by atoms with Gasteiger partial charge < -0.3 is 9.47 Å². The van der Waals surface area contributed by atoms with E-state index in [2.05, 4.69) is 253 Å². The van der Waals surface area contributed by atoms with E-state index in [1.807, 2.05) is 11.3 Å². The third-order valence-corrected chi connectivity index (χ3v) is 13.9. The third-order valence-electron chi connectivity index (χ3n) is 12.7. The zero-order valence-corrected chi connectivity index (χ0v) is 36.1. The second-order valence-corrected chi connectivity index (χ2v) is 17.6. The Labute approximate surface area is 377 Å². The molecule has 2 aromatic heterocycles. The lowest BCUT2D eigenvalue weighted by atomic mass is 9.93. The molecule has 0 N–H and O–H groups in total. The van der Waals surface area contributed by atoms with Crippen LogP contribution in [0.15, 0.2) is 237 Å². The number of thiophene rings is 1. The van der Waals surface area contributed by atoms with Crippen molar-refractivity contribution in [2.24, 2.45) is 0 Å². The van der Waals surface area contributed by atoms with Crippen molar-refractivity contribution in [3.63, 3.8) is 0 Å². The van der Waals surface area contributed by atoms with E-state index in [-0.39, 0.29) is 0 Å². The van der Waals surface area contributed by atoms with E-state index in [9.17, 15) is 0 Å². The van der Waals surface area contributed by atoms with Crippen LogP contribution in [0.5, 0.6) is 0 Å². The van der Waals surface area contributed by atoms with Gasteiger partial charge in [0.1, 0.15) is 0 Å². The van der Waals surface area contributed by atoms with Gasteiger partial charge in [-0.05, 0) is 107 Å². The van der Waals surface area contributed by atoms with Crippen molar-refractivity contribution in [1.29, 1.82) is 0 Å². The van der Waals surface area contributed by atoms with Gasteiger partial charge in [0.2, 0.25) is 0 Å². The molecule has 12 rings (SSSR count). The molecule has 0 fully saturated rings. The van der Waals surface area contributed by atoms with Gasteiger partial charge in [-0.1, -0.05) is 176 Å². The monoisotopic (exact) mass is 834 g/mol. The Balaban J connectivity index is 1.15. The number of para-hydroxylation sites is 3. The summed E-state index contributed by atoms with van der Waals surface area (Å²) in [5.41, 5.74) is 17.7. The van der Waals surface area contributed by atoms with Crippen molar-refractivity contribution in [2.45, 2.75) is 6.92 Å². The van der Waals surface area contributed by atoms with E-state index < -0.39 is 0 Å². The number of hydrogen-bond acceptors (Lipinski definition) is 2. The lowest BCUT2D eigenvalue weighted by Crippen LogP contribution is -2.11. The fourth-order valence-corrected chi connectivity index (χ4v) is 11.0. The SMILES string of the molecule is Cc1cc(N(c2ccc(-c3ccccc3)c(-c3ccccc3)c2)c2cc(-c3ccccc3-n3c4ccccc4c4ccccc43)c3sc4ccccc4c3c2)ccc1-c1ccccc1. The van der Waals surface area contributed by atoms with Crippen molar-refractivity contribution in [1.82, 2.24) is 4.57 Å². The fraction of sp³-hybridized carbons (Fsp3) is 0.0164. The van der Waals surface area contributed by atoms with Gasteiger partial charge in [0, 0.05) is 59.1 Å². The molecule has 0 saturated heterocycles. The molecule has 0 amide bonds. The Morgan fingerprint density at radius 1 is 0.344 bits per heavy atom. The van der Waals surface area contributed by atoms with E-state index in [4.69, 9.17) is 0 Å². The molecule has 10 aromatic carbocycles. The summed E-state index contributed by atoms with van der Waals surface area (Å²) in [7, 11) is 0. The third kappa shape index (κ3) is 6.40. The first-order valence-electron chi connectivity index (χ1n) is 21.9. The first-order valence-corrected chi connectivity index (χ1v) is 22.7. The first kappa shape index (κ1) is 37.8. The highest BCUT2D eigenvalue weighted by molar-refractivity contribution is 7.26. The number of aromatic nitrogens is 1. The van der Waals surface area contributed by atoms with Crippen molar-refractivity contribution in [2.75, 3.05) is 4.90 Å². The Bertz CT molecular complexity index is 3620. The summed E-state index contributed by atoms with van der Waals surface area (Å²) in [5.74, 6) is 0. The molecule has 0 radical (unpaired) electrons. The number of anilines is 3. The first-order chi connectivity index (χ1) is 31.7. The smallest absolute Gasteiger partial charge is 0.0541 e. The largest absolute Gasteiger partial charge is 0.310 e. The van der Waals surface area contributed by atoms with Gasteiger partial charge in [-0.15, -0.1) is 11.3 Å². The Kier molecular flexibility index (Phi) is 9.28. The molecule has 302 valence electrons. The minimum absolute atomic E-state index is 1.09. The normalized spacial score (nSPS) is 11.5. The van der Waals surface area contributed by atoms with Gasteiger partial charge in [-0.25, -0.2) is 0 Å². The number of benzene rings is 10. The number of aryl methyl sites for hydroxylation is 1. The molecule has 0 aliphatic carbocycles. The zero-order chi connectivity index (χ0) is 42.6. The second kappa shape index (κ2) is 15.7. The van der Waals surface area contributed by atoms with Crippen LogP contribution in [0.2, 0.25) is 0 Å². The zero-order valence-electron chi connectivity index (χ0n) is 35.3. The van der Waals surface area contributed by atoms with Crippen LogP contribution in [0.1, 0.15) is 5.56 Å².